The van der Waals surface area contributed by atoms with Crippen molar-refractivity contribution < 1.29 is 23.5 Å². The van der Waals surface area contributed by atoms with E-state index in [9.17, 15) is 9.59 Å². The molecule has 0 spiro atoms. The highest BCUT2D eigenvalue weighted by atomic mass is 16.5. The Bertz CT molecular complexity index is 1130. The average Bonchev–Trinajstić information content (AvgIpc) is 3.16. The summed E-state index contributed by atoms with van der Waals surface area (Å²) in [5.41, 5.74) is 3.02. The summed E-state index contributed by atoms with van der Waals surface area (Å²) >= 11 is 0. The molecular weight excluding hydrogens is 408 g/mol. The third-order valence-electron chi connectivity index (χ3n) is 5.50. The molecule has 1 aliphatic rings. The molecule has 1 aliphatic heterocycles. The number of furan rings is 1. The fraction of sp³-hybridized carbons (Fsp3) is 0.360. The molecule has 4 rings (SSSR count). The first-order valence-corrected chi connectivity index (χ1v) is 10.9. The van der Waals surface area contributed by atoms with Gasteiger partial charge in [0.25, 0.3) is 11.8 Å². The molecular formula is C25H28N2O5. The molecule has 0 radical (unpaired) electrons. The molecule has 1 fully saturated rings. The molecule has 168 valence electrons. The fourth-order valence-electron chi connectivity index (χ4n) is 3.79. The van der Waals surface area contributed by atoms with Gasteiger partial charge in [-0.25, -0.2) is 0 Å². The van der Waals surface area contributed by atoms with Crippen LogP contribution in [0.5, 0.6) is 5.75 Å². The lowest BCUT2D eigenvalue weighted by atomic mass is 10.0. The number of para-hydroxylation sites is 1. The van der Waals surface area contributed by atoms with Gasteiger partial charge in [0.1, 0.15) is 17.0 Å². The monoisotopic (exact) mass is 436 g/mol. The molecule has 7 heteroatoms. The number of carbonyl (C=O) groups excluding carboxylic acids is 2. The van der Waals surface area contributed by atoms with E-state index >= 15 is 0 Å². The van der Waals surface area contributed by atoms with Gasteiger partial charge in [0.05, 0.1) is 13.2 Å². The van der Waals surface area contributed by atoms with Crippen molar-refractivity contribution in [1.82, 2.24) is 4.90 Å². The lowest BCUT2D eigenvalue weighted by Crippen LogP contribution is -2.40. The number of morpholine rings is 1. The maximum atomic E-state index is 13.1. The Balaban J connectivity index is 1.55. The zero-order valence-corrected chi connectivity index (χ0v) is 18.6. The smallest absolute Gasteiger partial charge is 0.291 e. The Kier molecular flexibility index (Phi) is 6.46. The average molecular weight is 437 g/mol. The minimum Gasteiger partial charge on any atom is -0.483 e. The van der Waals surface area contributed by atoms with Crippen LogP contribution in [0.3, 0.4) is 0 Å². The highest BCUT2D eigenvalue weighted by molar-refractivity contribution is 6.11. The van der Waals surface area contributed by atoms with Crippen molar-refractivity contribution in [2.24, 2.45) is 0 Å². The number of nitrogens with one attached hydrogen (secondary N) is 1. The quantitative estimate of drug-likeness (QED) is 0.621. The van der Waals surface area contributed by atoms with Gasteiger partial charge in [-0.1, -0.05) is 38.1 Å². The zero-order chi connectivity index (χ0) is 22.7. The van der Waals surface area contributed by atoms with Gasteiger partial charge in [-0.15, -0.1) is 0 Å². The number of ether oxygens (including phenoxy) is 2. The van der Waals surface area contributed by atoms with Crippen molar-refractivity contribution >= 4 is 28.5 Å². The van der Waals surface area contributed by atoms with E-state index in [1.54, 1.807) is 11.0 Å². The Morgan fingerprint density at radius 3 is 2.62 bits per heavy atom. The lowest BCUT2D eigenvalue weighted by Gasteiger charge is -2.26. The minimum absolute atomic E-state index is 0.125. The van der Waals surface area contributed by atoms with Crippen molar-refractivity contribution in [2.45, 2.75) is 26.7 Å². The van der Waals surface area contributed by atoms with Crippen LogP contribution in [0.25, 0.3) is 11.0 Å². The normalized spacial score (nSPS) is 14.1. The van der Waals surface area contributed by atoms with Crippen molar-refractivity contribution in [3.63, 3.8) is 0 Å². The number of amides is 2. The number of anilines is 1. The fourth-order valence-corrected chi connectivity index (χ4v) is 3.79. The molecule has 1 N–H and O–H groups in total. The minimum atomic E-state index is -0.358. The Morgan fingerprint density at radius 2 is 1.88 bits per heavy atom. The molecule has 0 aliphatic carbocycles. The number of fused-ring (bicyclic) bond motifs is 1. The largest absolute Gasteiger partial charge is 0.483 e. The van der Waals surface area contributed by atoms with Crippen molar-refractivity contribution in [1.29, 1.82) is 0 Å². The predicted molar refractivity (Wildman–Crippen MR) is 122 cm³/mol. The second-order valence-corrected chi connectivity index (χ2v) is 8.24. The van der Waals surface area contributed by atoms with E-state index in [0.29, 0.717) is 48.7 Å². The van der Waals surface area contributed by atoms with Gasteiger partial charge >= 0.3 is 0 Å². The summed E-state index contributed by atoms with van der Waals surface area (Å²) in [5, 5.41) is 3.53. The summed E-state index contributed by atoms with van der Waals surface area (Å²) in [7, 11) is 0. The Hall–Kier alpha value is -3.32. The van der Waals surface area contributed by atoms with Crippen molar-refractivity contribution in [3.05, 3.63) is 59.4 Å². The van der Waals surface area contributed by atoms with Gasteiger partial charge in [0.15, 0.2) is 6.61 Å². The second kappa shape index (κ2) is 9.44. The summed E-state index contributed by atoms with van der Waals surface area (Å²) < 4.78 is 17.1. The number of carbonyl (C=O) groups is 2. The SMILES string of the molecule is Cc1ccc(C(C)C)c(OCC(=O)Nc2c(C(=O)N3CCOCC3)oc3ccccc23)c1. The molecule has 2 heterocycles. The molecule has 32 heavy (non-hydrogen) atoms. The third-order valence-corrected chi connectivity index (χ3v) is 5.50. The highest BCUT2D eigenvalue weighted by Gasteiger charge is 2.27. The van der Waals surface area contributed by atoms with Crippen LogP contribution < -0.4 is 10.1 Å². The summed E-state index contributed by atoms with van der Waals surface area (Å²) in [4.78, 5) is 27.6. The van der Waals surface area contributed by atoms with Gasteiger partial charge in [-0.2, -0.15) is 0 Å². The van der Waals surface area contributed by atoms with Gasteiger partial charge in [0, 0.05) is 18.5 Å². The van der Waals surface area contributed by atoms with Gasteiger partial charge in [0.2, 0.25) is 5.76 Å². The first kappa shape index (κ1) is 21.9. The van der Waals surface area contributed by atoms with Crippen LogP contribution in [-0.2, 0) is 9.53 Å². The first-order chi connectivity index (χ1) is 15.4. The number of benzene rings is 2. The Labute approximate surface area is 187 Å². The second-order valence-electron chi connectivity index (χ2n) is 8.24. The summed E-state index contributed by atoms with van der Waals surface area (Å²) in [6.45, 7) is 7.91. The molecule has 0 saturated carbocycles. The summed E-state index contributed by atoms with van der Waals surface area (Å²) in [6, 6.07) is 13.3. The van der Waals surface area contributed by atoms with Crippen LogP contribution in [0, 0.1) is 6.92 Å². The molecule has 1 saturated heterocycles. The van der Waals surface area contributed by atoms with E-state index < -0.39 is 0 Å². The van der Waals surface area contributed by atoms with Crippen LogP contribution in [-0.4, -0.2) is 49.6 Å². The maximum Gasteiger partial charge on any atom is 0.291 e. The number of hydrogen-bond donors (Lipinski definition) is 1. The van der Waals surface area contributed by atoms with Crippen molar-refractivity contribution in [2.75, 3.05) is 38.2 Å². The van der Waals surface area contributed by atoms with Crippen LogP contribution in [0.1, 0.15) is 41.4 Å². The molecule has 7 nitrogen and oxygen atoms in total. The van der Waals surface area contributed by atoms with E-state index in [1.807, 2.05) is 43.3 Å². The number of aryl methyl sites for hydroxylation is 1. The van der Waals surface area contributed by atoms with Gasteiger partial charge < -0.3 is 24.1 Å². The number of hydrogen-bond acceptors (Lipinski definition) is 5. The lowest BCUT2D eigenvalue weighted by molar-refractivity contribution is -0.118. The van der Waals surface area contributed by atoms with E-state index in [4.69, 9.17) is 13.9 Å². The molecule has 3 aromatic rings. The summed E-state index contributed by atoms with van der Waals surface area (Å²) in [5.74, 6) is 0.464. The molecule has 0 bridgehead atoms. The zero-order valence-electron chi connectivity index (χ0n) is 18.6. The maximum absolute atomic E-state index is 13.1. The van der Waals surface area contributed by atoms with E-state index in [1.165, 1.54) is 0 Å². The van der Waals surface area contributed by atoms with Crippen LogP contribution in [0.2, 0.25) is 0 Å². The molecule has 2 aromatic carbocycles. The van der Waals surface area contributed by atoms with E-state index in [-0.39, 0.29) is 30.1 Å². The van der Waals surface area contributed by atoms with Gasteiger partial charge in [-0.3, -0.25) is 9.59 Å². The Morgan fingerprint density at radius 1 is 1.12 bits per heavy atom. The standard InChI is InChI=1S/C25H28N2O5/c1-16(2)18-9-8-17(3)14-21(18)31-15-22(28)26-23-19-6-4-5-7-20(19)32-24(23)25(29)27-10-12-30-13-11-27/h4-9,14,16H,10-13,15H2,1-3H3,(H,26,28). The topological polar surface area (TPSA) is 81.0 Å². The van der Waals surface area contributed by atoms with E-state index in [2.05, 4.69) is 19.2 Å². The predicted octanol–water partition coefficient (Wildman–Crippen LogP) is 4.35. The van der Waals surface area contributed by atoms with Crippen LogP contribution in [0.4, 0.5) is 5.69 Å². The summed E-state index contributed by atoms with van der Waals surface area (Å²) in [6.07, 6.45) is 0. The molecule has 2 amide bonds. The van der Waals surface area contributed by atoms with Gasteiger partial charge in [-0.05, 0) is 42.2 Å². The van der Waals surface area contributed by atoms with E-state index in [0.717, 1.165) is 11.1 Å². The molecule has 0 unspecified atom stereocenters. The van der Waals surface area contributed by atoms with Crippen molar-refractivity contribution in [3.8, 4) is 5.75 Å². The molecule has 0 atom stereocenters. The third kappa shape index (κ3) is 4.62. The molecule has 1 aromatic heterocycles. The van der Waals surface area contributed by atoms with Crippen LogP contribution >= 0.6 is 0 Å². The first-order valence-electron chi connectivity index (χ1n) is 10.9. The van der Waals surface area contributed by atoms with Crippen LogP contribution in [0.15, 0.2) is 46.9 Å². The number of nitrogens with zero attached hydrogens (tertiary/aromatic N) is 1. The highest BCUT2D eigenvalue weighted by Crippen LogP contribution is 2.32. The number of rotatable bonds is 6.